The van der Waals surface area contributed by atoms with Crippen LogP contribution in [0.1, 0.15) is 36.5 Å². The van der Waals surface area contributed by atoms with Crippen LogP contribution in [0.15, 0.2) is 206 Å². The van der Waals surface area contributed by atoms with Crippen molar-refractivity contribution in [2.45, 2.75) is 25.2 Å². The van der Waals surface area contributed by atoms with Crippen LogP contribution in [0, 0.1) is 11.8 Å². The number of benzene rings is 8. The van der Waals surface area contributed by atoms with E-state index in [0.29, 0.717) is 5.92 Å². The number of hydrogen-bond acceptors (Lipinski definition) is 1. The van der Waals surface area contributed by atoms with Crippen LogP contribution in [0.5, 0.6) is 0 Å². The lowest BCUT2D eigenvalue weighted by atomic mass is 9.54. The predicted molar refractivity (Wildman–Crippen MR) is 247 cm³/mol. The summed E-state index contributed by atoms with van der Waals surface area (Å²) in [4.78, 5) is 2.49. The molecular formula is C56H43N3. The summed E-state index contributed by atoms with van der Waals surface area (Å²) in [7, 11) is 0. The first-order chi connectivity index (χ1) is 29.2. The van der Waals surface area contributed by atoms with Crippen molar-refractivity contribution in [1.29, 1.82) is 0 Å². The maximum Gasteiger partial charge on any atom is 0.0541 e. The van der Waals surface area contributed by atoms with Crippen molar-refractivity contribution in [3.05, 3.63) is 223 Å². The Morgan fingerprint density at radius 3 is 1.37 bits per heavy atom. The predicted octanol–water partition coefficient (Wildman–Crippen LogP) is 14.6. The molecule has 0 saturated heterocycles. The lowest BCUT2D eigenvalue weighted by Crippen LogP contribution is -2.46. The lowest BCUT2D eigenvalue weighted by molar-refractivity contribution is 0.257. The Hall–Kier alpha value is -7.10. The van der Waals surface area contributed by atoms with Crippen LogP contribution in [0.4, 0.5) is 17.1 Å². The van der Waals surface area contributed by atoms with Crippen molar-refractivity contribution in [2.75, 3.05) is 4.90 Å². The zero-order valence-electron chi connectivity index (χ0n) is 33.0. The zero-order valence-corrected chi connectivity index (χ0v) is 33.0. The summed E-state index contributed by atoms with van der Waals surface area (Å²) in [6, 6.07) is 74.4. The number of anilines is 3. The van der Waals surface area contributed by atoms with Gasteiger partial charge in [0.05, 0.1) is 38.9 Å². The molecule has 8 aromatic carbocycles. The number of aromatic nitrogens is 2. The fourth-order valence-electron chi connectivity index (χ4n) is 11.2. The fourth-order valence-corrected chi connectivity index (χ4v) is 11.2. The van der Waals surface area contributed by atoms with E-state index in [1.54, 1.807) is 0 Å². The largest absolute Gasteiger partial charge is 0.313 e. The molecule has 0 radical (unpaired) electrons. The quantitative estimate of drug-likeness (QED) is 0.170. The van der Waals surface area contributed by atoms with E-state index in [4.69, 9.17) is 0 Å². The highest BCUT2D eigenvalue weighted by atomic mass is 15.2. The van der Waals surface area contributed by atoms with Crippen molar-refractivity contribution < 1.29 is 0 Å². The Morgan fingerprint density at radius 2 is 0.864 bits per heavy atom. The average Bonchev–Trinajstić information content (AvgIpc) is 3.82. The Morgan fingerprint density at radius 1 is 0.424 bits per heavy atom. The third-order valence-corrected chi connectivity index (χ3v) is 13.6. The van der Waals surface area contributed by atoms with Gasteiger partial charge in [0.2, 0.25) is 0 Å². The molecule has 59 heavy (non-hydrogen) atoms. The molecule has 2 aliphatic rings. The smallest absolute Gasteiger partial charge is 0.0541 e. The van der Waals surface area contributed by atoms with E-state index in [-0.39, 0.29) is 5.92 Å². The molecule has 3 nitrogen and oxygen atoms in total. The van der Waals surface area contributed by atoms with E-state index in [9.17, 15) is 0 Å². The summed E-state index contributed by atoms with van der Waals surface area (Å²) in [5, 5.41) is 5.19. The normalized spacial score (nSPS) is 17.3. The van der Waals surface area contributed by atoms with E-state index in [1.807, 2.05) is 0 Å². The molecule has 0 N–H and O–H groups in total. The van der Waals surface area contributed by atoms with Gasteiger partial charge in [0.15, 0.2) is 0 Å². The van der Waals surface area contributed by atoms with Crippen molar-refractivity contribution in [3.8, 4) is 5.69 Å². The molecule has 0 fully saturated rings. The van der Waals surface area contributed by atoms with Crippen molar-refractivity contribution in [3.63, 3.8) is 0 Å². The highest BCUT2D eigenvalue weighted by molar-refractivity contribution is 6.10. The second-order valence-corrected chi connectivity index (χ2v) is 16.5. The number of hydrogen-bond donors (Lipinski definition) is 0. The summed E-state index contributed by atoms with van der Waals surface area (Å²) >= 11 is 0. The molecule has 0 bridgehead atoms. The zero-order chi connectivity index (χ0) is 39.1. The second-order valence-electron chi connectivity index (χ2n) is 16.5. The van der Waals surface area contributed by atoms with Crippen LogP contribution in [0.2, 0.25) is 0 Å². The summed E-state index contributed by atoms with van der Waals surface area (Å²) < 4.78 is 4.98. The van der Waals surface area contributed by atoms with Gasteiger partial charge in [0.25, 0.3) is 0 Å². The maximum absolute atomic E-state index is 2.58. The number of para-hydroxylation sites is 7. The van der Waals surface area contributed by atoms with Gasteiger partial charge < -0.3 is 14.0 Å². The number of allylic oxidation sites excluding steroid dienone is 2. The van der Waals surface area contributed by atoms with Crippen LogP contribution in [0.3, 0.4) is 0 Å². The molecule has 1 aliphatic carbocycles. The molecule has 2 atom stereocenters. The van der Waals surface area contributed by atoms with Crippen LogP contribution in [0.25, 0.3) is 55.0 Å². The molecule has 3 heteroatoms. The minimum atomic E-state index is -0.430. The van der Waals surface area contributed by atoms with Crippen LogP contribution in [-0.4, -0.2) is 9.13 Å². The van der Waals surface area contributed by atoms with Crippen molar-refractivity contribution in [2.24, 2.45) is 11.8 Å². The van der Waals surface area contributed by atoms with Crippen molar-refractivity contribution >= 4 is 66.4 Å². The van der Waals surface area contributed by atoms with Crippen LogP contribution < -0.4 is 4.90 Å². The molecule has 3 heterocycles. The van der Waals surface area contributed by atoms with Gasteiger partial charge in [-0.1, -0.05) is 153 Å². The highest BCUT2D eigenvalue weighted by Crippen LogP contribution is 2.61. The first-order valence-corrected chi connectivity index (χ1v) is 21.0. The second kappa shape index (κ2) is 13.2. The number of nitrogens with zero attached hydrogens (tertiary/aromatic N) is 3. The van der Waals surface area contributed by atoms with Crippen molar-refractivity contribution in [1.82, 2.24) is 9.13 Å². The highest BCUT2D eigenvalue weighted by Gasteiger charge is 2.52. The van der Waals surface area contributed by atoms with E-state index in [1.165, 1.54) is 88.7 Å². The average molecular weight is 758 g/mol. The molecule has 2 aromatic heterocycles. The standard InChI is InChI=1S/C56H43N3/c1-38-37-42(59-52-27-13-7-21-45(52)46-22-8-14-28-53(46)59)35-36-47(38)56(39-31-33-41(34-32-39)57-50-25-11-5-19-43(50)44-20-6-12-26-51(44)57)48-23-9-15-29-54(48)58(40-17-3-2-4-18-40)55-30-16-10-24-49(55)56/h2-35,38,47H,36-37H2,1H3. The Bertz CT molecular complexity index is 3100. The van der Waals surface area contributed by atoms with Gasteiger partial charge >= 0.3 is 0 Å². The SMILES string of the molecule is CC1CC(n2c3ccccc3c3ccccc32)=CCC1C1(c2ccc(-n3c4ccccc4c4ccccc43)cc2)c2ccccc2N(c2ccccc2)c2ccccc21. The topological polar surface area (TPSA) is 13.1 Å². The summed E-state index contributed by atoms with van der Waals surface area (Å²) in [5.74, 6) is 0.634. The van der Waals surface area contributed by atoms with Gasteiger partial charge in [-0.3, -0.25) is 0 Å². The number of fused-ring (bicyclic) bond motifs is 8. The minimum Gasteiger partial charge on any atom is -0.313 e. The monoisotopic (exact) mass is 757 g/mol. The first-order valence-electron chi connectivity index (χ1n) is 21.0. The van der Waals surface area contributed by atoms with E-state index in [2.05, 4.69) is 227 Å². The first kappa shape index (κ1) is 34.0. The fraction of sp³-hybridized carbons (Fsp3) is 0.107. The van der Waals surface area contributed by atoms with E-state index < -0.39 is 5.41 Å². The molecule has 282 valence electrons. The van der Waals surface area contributed by atoms with Crippen LogP contribution >= 0.6 is 0 Å². The van der Waals surface area contributed by atoms with Gasteiger partial charge in [-0.15, -0.1) is 0 Å². The molecule has 12 rings (SSSR count). The molecule has 2 unspecified atom stereocenters. The van der Waals surface area contributed by atoms with Gasteiger partial charge in [0.1, 0.15) is 0 Å². The van der Waals surface area contributed by atoms with Gasteiger partial charge in [0, 0.05) is 38.6 Å². The third kappa shape index (κ3) is 4.88. The Labute approximate surface area is 344 Å². The van der Waals surface area contributed by atoms with E-state index >= 15 is 0 Å². The van der Waals surface area contributed by atoms with Gasteiger partial charge in [-0.2, -0.15) is 0 Å². The minimum absolute atomic E-state index is 0.277. The Balaban J connectivity index is 1.09. The Kier molecular flexibility index (Phi) is 7.62. The summed E-state index contributed by atoms with van der Waals surface area (Å²) in [6.45, 7) is 2.51. The molecular weight excluding hydrogens is 715 g/mol. The molecule has 0 amide bonds. The molecule has 1 aliphatic heterocycles. The summed E-state index contributed by atoms with van der Waals surface area (Å²) in [6.07, 6.45) is 4.49. The molecule has 0 saturated carbocycles. The lowest BCUT2D eigenvalue weighted by Gasteiger charge is -2.52. The third-order valence-electron chi connectivity index (χ3n) is 13.6. The maximum atomic E-state index is 2.58. The summed E-state index contributed by atoms with van der Waals surface area (Å²) in [5.41, 5.74) is 14.9. The van der Waals surface area contributed by atoms with Crippen LogP contribution in [-0.2, 0) is 5.41 Å². The molecule has 10 aromatic rings. The van der Waals surface area contributed by atoms with Gasteiger partial charge in [-0.25, -0.2) is 0 Å². The van der Waals surface area contributed by atoms with Gasteiger partial charge in [-0.05, 0) is 102 Å². The number of rotatable bonds is 5. The molecule has 0 spiro atoms. The van der Waals surface area contributed by atoms with E-state index in [0.717, 1.165) is 12.8 Å².